The van der Waals surface area contributed by atoms with Crippen molar-refractivity contribution in [2.45, 2.75) is 82.0 Å². The summed E-state index contributed by atoms with van der Waals surface area (Å²) in [5.41, 5.74) is 17.2. The molecule has 236 valence electrons. The predicted molar refractivity (Wildman–Crippen MR) is 149 cm³/mol. The Bertz CT molecular complexity index is 1020. The summed E-state index contributed by atoms with van der Waals surface area (Å²) in [4.78, 5) is 80.4. The maximum atomic E-state index is 13.2. The average molecular weight is 598 g/mol. The highest BCUT2D eigenvalue weighted by molar-refractivity contribution is 5.94. The zero-order valence-electron chi connectivity index (χ0n) is 23.5. The molecule has 0 saturated carbocycles. The minimum Gasteiger partial charge on any atom is -0.481 e. The lowest BCUT2D eigenvalue weighted by Crippen LogP contribution is -2.57. The van der Waals surface area contributed by atoms with E-state index in [2.05, 4.69) is 31.2 Å². The van der Waals surface area contributed by atoms with Gasteiger partial charge in [-0.3, -0.25) is 24.0 Å². The lowest BCUT2D eigenvalue weighted by atomic mass is 10.1. The summed E-state index contributed by atoms with van der Waals surface area (Å²) in [6.07, 6.45) is 4.58. The fraction of sp³-hybridized carbons (Fsp3) is 0.640. The van der Waals surface area contributed by atoms with Gasteiger partial charge in [-0.25, -0.2) is 9.78 Å². The van der Waals surface area contributed by atoms with Crippen molar-refractivity contribution in [1.29, 1.82) is 0 Å². The molecular formula is C25H43N9O8. The molecule has 42 heavy (non-hydrogen) atoms. The van der Waals surface area contributed by atoms with Crippen molar-refractivity contribution < 1.29 is 39.0 Å². The second-order valence-corrected chi connectivity index (χ2v) is 9.69. The number of carbonyl (C=O) groups is 6. The Kier molecular flexibility index (Phi) is 17.0. The van der Waals surface area contributed by atoms with Gasteiger partial charge in [0.05, 0.1) is 18.9 Å². The van der Waals surface area contributed by atoms with Crippen molar-refractivity contribution in [2.24, 2.45) is 17.2 Å². The number of rotatable bonds is 22. The molecule has 0 fully saturated rings. The summed E-state index contributed by atoms with van der Waals surface area (Å²) >= 11 is 0. The average Bonchev–Trinajstić information content (AvgIpc) is 3.46. The highest BCUT2D eigenvalue weighted by Crippen LogP contribution is 2.06. The molecular weight excluding hydrogens is 554 g/mol. The largest absolute Gasteiger partial charge is 0.481 e. The van der Waals surface area contributed by atoms with Crippen LogP contribution < -0.4 is 38.5 Å². The maximum absolute atomic E-state index is 13.2. The normalized spacial score (nSPS) is 13.7. The van der Waals surface area contributed by atoms with E-state index in [0.717, 1.165) is 0 Å². The molecule has 0 aliphatic rings. The van der Waals surface area contributed by atoms with Crippen LogP contribution in [0.15, 0.2) is 12.5 Å². The molecule has 0 saturated heterocycles. The highest BCUT2D eigenvalue weighted by atomic mass is 16.4. The number of H-pyrrole nitrogens is 1. The van der Waals surface area contributed by atoms with Gasteiger partial charge in [-0.05, 0) is 51.6 Å². The molecule has 1 aromatic heterocycles. The first-order chi connectivity index (χ1) is 20.0. The van der Waals surface area contributed by atoms with Crippen LogP contribution in [0.4, 0.5) is 0 Å². The molecule has 1 aromatic rings. The summed E-state index contributed by atoms with van der Waals surface area (Å²) in [5.74, 6) is -5.54. The third-order valence-electron chi connectivity index (χ3n) is 6.20. The van der Waals surface area contributed by atoms with Crippen LogP contribution >= 0.6 is 0 Å². The number of hydrogen-bond acceptors (Lipinski definition) is 10. The van der Waals surface area contributed by atoms with Crippen LogP contribution in [0.2, 0.25) is 0 Å². The minimum atomic E-state index is -1.42. The lowest BCUT2D eigenvalue weighted by molar-refractivity contribution is -0.143. The third-order valence-corrected chi connectivity index (χ3v) is 6.20. The molecule has 4 atom stereocenters. The molecule has 0 aliphatic heterocycles. The second-order valence-electron chi connectivity index (χ2n) is 9.69. The molecule has 0 aromatic carbocycles. The van der Waals surface area contributed by atoms with Crippen LogP contribution in [0.3, 0.4) is 0 Å². The molecule has 0 unspecified atom stereocenters. The second kappa shape index (κ2) is 19.9. The van der Waals surface area contributed by atoms with Crippen LogP contribution in [0.1, 0.15) is 57.1 Å². The molecule has 0 bridgehead atoms. The van der Waals surface area contributed by atoms with E-state index in [4.69, 9.17) is 22.3 Å². The van der Waals surface area contributed by atoms with Gasteiger partial charge in [-0.2, -0.15) is 0 Å². The fourth-order valence-corrected chi connectivity index (χ4v) is 3.84. The van der Waals surface area contributed by atoms with Gasteiger partial charge in [-0.1, -0.05) is 6.42 Å². The van der Waals surface area contributed by atoms with E-state index >= 15 is 0 Å². The van der Waals surface area contributed by atoms with Gasteiger partial charge in [0.15, 0.2) is 0 Å². The van der Waals surface area contributed by atoms with E-state index in [1.54, 1.807) is 0 Å². The van der Waals surface area contributed by atoms with Crippen LogP contribution in [0.25, 0.3) is 0 Å². The molecule has 13 N–H and O–H groups in total. The van der Waals surface area contributed by atoms with Crippen LogP contribution in [0, 0.1) is 0 Å². The van der Waals surface area contributed by atoms with E-state index in [-0.39, 0.29) is 19.3 Å². The van der Waals surface area contributed by atoms with Gasteiger partial charge >= 0.3 is 11.9 Å². The Labute approximate surface area is 243 Å². The van der Waals surface area contributed by atoms with Crippen molar-refractivity contribution >= 4 is 35.6 Å². The number of nitrogens with two attached hydrogens (primary N) is 3. The number of imidazole rings is 1. The smallest absolute Gasteiger partial charge is 0.326 e. The van der Waals surface area contributed by atoms with Gasteiger partial charge in [0, 0.05) is 24.7 Å². The Morgan fingerprint density at radius 1 is 0.810 bits per heavy atom. The number of aromatic nitrogens is 2. The molecule has 17 nitrogen and oxygen atoms in total. The third kappa shape index (κ3) is 14.5. The molecule has 0 aliphatic carbocycles. The van der Waals surface area contributed by atoms with Gasteiger partial charge in [0.2, 0.25) is 23.6 Å². The minimum absolute atomic E-state index is 0.131. The zero-order chi connectivity index (χ0) is 31.5. The zero-order valence-corrected chi connectivity index (χ0v) is 23.5. The van der Waals surface area contributed by atoms with E-state index in [1.807, 2.05) is 0 Å². The number of nitrogens with zero attached hydrogens (tertiary/aromatic N) is 1. The van der Waals surface area contributed by atoms with Crippen molar-refractivity contribution in [3.63, 3.8) is 0 Å². The number of nitrogens with one attached hydrogen (secondary N) is 5. The first-order valence-electron chi connectivity index (χ1n) is 13.7. The number of aliphatic carboxylic acids is 2. The number of carboxylic acids is 2. The fourth-order valence-electron chi connectivity index (χ4n) is 3.84. The molecule has 4 amide bonds. The SMILES string of the molecule is NCCCC[C@H](NC(=O)CNC(=O)[C@@H](N)CCCCN)C(=O)N[C@@H](CCC(=O)O)C(=O)N[C@@H](Cc1cnc[nH]1)C(=O)O. The number of amides is 4. The number of carboxylic acid groups (broad SMARTS) is 2. The first-order valence-corrected chi connectivity index (χ1v) is 13.7. The molecule has 17 heteroatoms. The number of unbranched alkanes of at least 4 members (excludes halogenated alkanes) is 2. The van der Waals surface area contributed by atoms with Gasteiger partial charge in [0.1, 0.15) is 18.1 Å². The van der Waals surface area contributed by atoms with E-state index < -0.39 is 72.7 Å². The number of aromatic amines is 1. The maximum Gasteiger partial charge on any atom is 0.326 e. The van der Waals surface area contributed by atoms with Crippen LogP contribution in [-0.2, 0) is 35.2 Å². The van der Waals surface area contributed by atoms with E-state index in [9.17, 15) is 33.9 Å². The molecule has 1 heterocycles. The molecule has 0 spiro atoms. The summed E-state index contributed by atoms with van der Waals surface area (Å²) < 4.78 is 0. The van der Waals surface area contributed by atoms with Crippen molar-refractivity contribution in [3.8, 4) is 0 Å². The first kappa shape index (κ1) is 35.9. The highest BCUT2D eigenvalue weighted by Gasteiger charge is 2.30. The van der Waals surface area contributed by atoms with Crippen LogP contribution in [0.5, 0.6) is 0 Å². The van der Waals surface area contributed by atoms with Crippen molar-refractivity contribution in [2.75, 3.05) is 19.6 Å². The summed E-state index contributed by atoms with van der Waals surface area (Å²) in [6.45, 7) is 0.340. The Balaban J connectivity index is 2.91. The lowest BCUT2D eigenvalue weighted by Gasteiger charge is -2.24. The van der Waals surface area contributed by atoms with Crippen molar-refractivity contribution in [1.82, 2.24) is 31.2 Å². The predicted octanol–water partition coefficient (Wildman–Crippen LogP) is -2.94. The summed E-state index contributed by atoms with van der Waals surface area (Å²) in [6, 6.07) is -4.80. The quantitative estimate of drug-likeness (QED) is 0.0600. The standard InChI is InChI=1S/C25H43N9O8/c26-9-3-1-5-16(28)22(38)30-13-20(35)32-17(6-2-4-10-27)23(39)33-18(7-8-21(36)37)24(40)34-19(25(41)42)11-15-12-29-14-31-15/h12,14,16-19H,1-11,13,26-28H2,(H,29,31)(H,30,38)(H,32,35)(H,33,39)(H,34,40)(H,36,37)(H,41,42)/t16-,17-,18-,19-/m0/s1. The van der Waals surface area contributed by atoms with E-state index in [0.29, 0.717) is 50.9 Å². The topological polar surface area (TPSA) is 298 Å². The summed E-state index contributed by atoms with van der Waals surface area (Å²) in [5, 5.41) is 28.3. The number of hydrogen-bond donors (Lipinski definition) is 10. The van der Waals surface area contributed by atoms with E-state index in [1.165, 1.54) is 12.5 Å². The van der Waals surface area contributed by atoms with Crippen molar-refractivity contribution in [3.05, 3.63) is 18.2 Å². The Morgan fingerprint density at radius 2 is 1.40 bits per heavy atom. The molecule has 0 radical (unpaired) electrons. The summed E-state index contributed by atoms with van der Waals surface area (Å²) in [7, 11) is 0. The van der Waals surface area contributed by atoms with Gasteiger partial charge in [0.25, 0.3) is 0 Å². The van der Waals surface area contributed by atoms with Crippen LogP contribution in [-0.4, -0.2) is 99.5 Å². The monoisotopic (exact) mass is 597 g/mol. The Morgan fingerprint density at radius 3 is 1.95 bits per heavy atom. The molecule has 1 rings (SSSR count). The Hall–Kier alpha value is -4.09. The van der Waals surface area contributed by atoms with Gasteiger partial charge < -0.3 is 53.7 Å². The number of carbonyl (C=O) groups excluding carboxylic acids is 4. The van der Waals surface area contributed by atoms with Gasteiger partial charge in [-0.15, -0.1) is 0 Å².